The van der Waals surface area contributed by atoms with Crippen LogP contribution >= 0.6 is 0 Å². The molecule has 0 fully saturated rings. The second-order valence-electron chi connectivity index (χ2n) is 7.53. The predicted molar refractivity (Wildman–Crippen MR) is 124 cm³/mol. The molecule has 0 amide bonds. The minimum absolute atomic E-state index is 0.540. The third-order valence-electron chi connectivity index (χ3n) is 5.54. The van der Waals surface area contributed by atoms with Crippen LogP contribution in [0.15, 0.2) is 103 Å². The zero-order chi connectivity index (χ0) is 22.1. The van der Waals surface area contributed by atoms with Gasteiger partial charge in [-0.3, -0.25) is 0 Å². The average molecular weight is 422 g/mol. The Morgan fingerprint density at radius 2 is 1.00 bits per heavy atom. The molecule has 0 spiro atoms. The van der Waals surface area contributed by atoms with Crippen molar-refractivity contribution >= 4 is 21.5 Å². The Bertz CT molecular complexity index is 1430. The van der Waals surface area contributed by atoms with Gasteiger partial charge in [0.2, 0.25) is 0 Å². The van der Waals surface area contributed by atoms with Crippen LogP contribution in [0.5, 0.6) is 0 Å². The van der Waals surface area contributed by atoms with Crippen molar-refractivity contribution in [3.05, 3.63) is 120 Å². The van der Waals surface area contributed by atoms with Gasteiger partial charge in [-0.2, -0.15) is 13.2 Å². The zero-order valence-electron chi connectivity index (χ0n) is 16.9. The summed E-state index contributed by atoms with van der Waals surface area (Å²) < 4.78 is 38.6. The molecule has 0 atom stereocenters. The second-order valence-corrected chi connectivity index (χ2v) is 7.53. The van der Waals surface area contributed by atoms with E-state index in [-0.39, 0.29) is 0 Å². The number of halogens is 3. The first-order chi connectivity index (χ1) is 15.5. The van der Waals surface area contributed by atoms with Gasteiger partial charge in [-0.1, -0.05) is 90.7 Å². The minimum atomic E-state index is -4.36. The molecule has 154 valence electrons. The van der Waals surface area contributed by atoms with Crippen molar-refractivity contribution in [3.8, 4) is 23.0 Å². The van der Waals surface area contributed by atoms with E-state index in [4.69, 9.17) is 0 Å². The molecule has 5 aromatic rings. The van der Waals surface area contributed by atoms with Crippen molar-refractivity contribution in [2.24, 2.45) is 0 Å². The Morgan fingerprint density at radius 1 is 0.500 bits per heavy atom. The summed E-state index contributed by atoms with van der Waals surface area (Å²) in [4.78, 5) is 0. The van der Waals surface area contributed by atoms with Gasteiger partial charge in [-0.15, -0.1) is 0 Å². The number of alkyl halides is 3. The van der Waals surface area contributed by atoms with Crippen LogP contribution < -0.4 is 0 Å². The summed E-state index contributed by atoms with van der Waals surface area (Å²) in [5.74, 6) is 6.32. The van der Waals surface area contributed by atoms with Gasteiger partial charge in [-0.25, -0.2) is 0 Å². The van der Waals surface area contributed by atoms with Gasteiger partial charge in [-0.05, 0) is 56.9 Å². The highest BCUT2D eigenvalue weighted by molar-refractivity contribution is 6.16. The maximum Gasteiger partial charge on any atom is 0.416 e. The number of rotatable bonds is 1. The van der Waals surface area contributed by atoms with Crippen LogP contribution in [0.3, 0.4) is 0 Å². The molecule has 5 aromatic carbocycles. The maximum absolute atomic E-state index is 12.9. The van der Waals surface area contributed by atoms with E-state index in [1.165, 1.54) is 12.1 Å². The molecular formula is C29H17F3. The number of fused-ring (bicyclic) bond motifs is 2. The van der Waals surface area contributed by atoms with Gasteiger partial charge in [0.1, 0.15) is 0 Å². The molecule has 0 heterocycles. The molecule has 0 radical (unpaired) electrons. The van der Waals surface area contributed by atoms with Crippen LogP contribution in [-0.2, 0) is 6.18 Å². The lowest BCUT2D eigenvalue weighted by molar-refractivity contribution is -0.137. The van der Waals surface area contributed by atoms with Gasteiger partial charge in [0.15, 0.2) is 0 Å². The normalized spacial score (nSPS) is 11.3. The molecule has 32 heavy (non-hydrogen) atoms. The van der Waals surface area contributed by atoms with Gasteiger partial charge >= 0.3 is 6.18 Å². The van der Waals surface area contributed by atoms with Gasteiger partial charge in [0, 0.05) is 11.1 Å². The van der Waals surface area contributed by atoms with Crippen molar-refractivity contribution in [2.45, 2.75) is 6.18 Å². The first-order valence-electron chi connectivity index (χ1n) is 10.2. The van der Waals surface area contributed by atoms with Crippen molar-refractivity contribution in [3.63, 3.8) is 0 Å². The summed E-state index contributed by atoms with van der Waals surface area (Å²) in [6, 6.07) is 31.5. The van der Waals surface area contributed by atoms with E-state index >= 15 is 0 Å². The average Bonchev–Trinajstić information content (AvgIpc) is 2.82. The van der Waals surface area contributed by atoms with Gasteiger partial charge < -0.3 is 0 Å². The fourth-order valence-corrected chi connectivity index (χ4v) is 4.06. The molecule has 3 heteroatoms. The Morgan fingerprint density at radius 3 is 1.53 bits per heavy atom. The molecule has 0 aromatic heterocycles. The monoisotopic (exact) mass is 422 g/mol. The SMILES string of the molecule is FC(F)(F)c1ccc(C#Cc2c3ccccc3c(-c3ccccc3)c3ccccc23)cc1. The van der Waals surface area contributed by atoms with Crippen LogP contribution in [0, 0.1) is 11.8 Å². The van der Waals surface area contributed by atoms with Crippen LogP contribution in [0.25, 0.3) is 32.7 Å². The first kappa shape index (κ1) is 19.9. The Kier molecular flexibility index (Phi) is 4.92. The summed E-state index contributed by atoms with van der Waals surface area (Å²) in [7, 11) is 0. The molecule has 0 aliphatic carbocycles. The van der Waals surface area contributed by atoms with Crippen molar-refractivity contribution in [2.75, 3.05) is 0 Å². The van der Waals surface area contributed by atoms with Crippen LogP contribution in [0.4, 0.5) is 13.2 Å². The molecule has 0 bridgehead atoms. The summed E-state index contributed by atoms with van der Waals surface area (Å²) >= 11 is 0. The fraction of sp³-hybridized carbons (Fsp3) is 0.0345. The Labute approximate surface area is 183 Å². The molecule has 0 saturated heterocycles. The molecule has 0 aliphatic rings. The third-order valence-corrected chi connectivity index (χ3v) is 5.54. The van der Waals surface area contributed by atoms with E-state index in [0.29, 0.717) is 5.56 Å². The molecule has 0 nitrogen and oxygen atoms in total. The molecular weight excluding hydrogens is 405 g/mol. The topological polar surface area (TPSA) is 0 Å². The van der Waals surface area contributed by atoms with Crippen LogP contribution in [-0.4, -0.2) is 0 Å². The zero-order valence-corrected chi connectivity index (χ0v) is 16.9. The van der Waals surface area contributed by atoms with E-state index in [1.807, 2.05) is 54.6 Å². The van der Waals surface area contributed by atoms with Crippen LogP contribution in [0.2, 0.25) is 0 Å². The molecule has 5 rings (SSSR count). The molecule has 0 unspecified atom stereocenters. The first-order valence-corrected chi connectivity index (χ1v) is 10.2. The van der Waals surface area contributed by atoms with Crippen LogP contribution in [0.1, 0.15) is 16.7 Å². The van der Waals surface area contributed by atoms with E-state index in [0.717, 1.165) is 50.4 Å². The summed E-state index contributed by atoms with van der Waals surface area (Å²) in [5.41, 5.74) is 3.01. The largest absolute Gasteiger partial charge is 0.416 e. The molecule has 0 saturated carbocycles. The highest BCUT2D eigenvalue weighted by atomic mass is 19.4. The van der Waals surface area contributed by atoms with Gasteiger partial charge in [0.25, 0.3) is 0 Å². The smallest absolute Gasteiger partial charge is 0.166 e. The number of benzene rings is 5. The highest BCUT2D eigenvalue weighted by Crippen LogP contribution is 2.38. The van der Waals surface area contributed by atoms with Crippen molar-refractivity contribution < 1.29 is 13.2 Å². The van der Waals surface area contributed by atoms with E-state index < -0.39 is 11.7 Å². The van der Waals surface area contributed by atoms with E-state index in [1.54, 1.807) is 0 Å². The molecule has 0 aliphatic heterocycles. The van der Waals surface area contributed by atoms with Gasteiger partial charge in [0.05, 0.1) is 5.56 Å². The summed E-state index contributed by atoms with van der Waals surface area (Å²) in [5, 5.41) is 4.22. The summed E-state index contributed by atoms with van der Waals surface area (Å²) in [6.07, 6.45) is -4.36. The maximum atomic E-state index is 12.9. The van der Waals surface area contributed by atoms with Crippen molar-refractivity contribution in [1.82, 2.24) is 0 Å². The molecule has 0 N–H and O–H groups in total. The quantitative estimate of drug-likeness (QED) is 0.189. The lowest BCUT2D eigenvalue weighted by atomic mass is 9.88. The minimum Gasteiger partial charge on any atom is -0.166 e. The number of hydrogen-bond acceptors (Lipinski definition) is 0. The lowest BCUT2D eigenvalue weighted by Gasteiger charge is -2.14. The van der Waals surface area contributed by atoms with E-state index in [9.17, 15) is 13.2 Å². The Balaban J connectivity index is 1.74. The Hall–Kier alpha value is -4.03. The highest BCUT2D eigenvalue weighted by Gasteiger charge is 2.29. The summed E-state index contributed by atoms with van der Waals surface area (Å²) in [6.45, 7) is 0. The number of hydrogen-bond donors (Lipinski definition) is 0. The lowest BCUT2D eigenvalue weighted by Crippen LogP contribution is -2.04. The second kappa shape index (κ2) is 7.90. The fourth-order valence-electron chi connectivity index (χ4n) is 4.06. The third kappa shape index (κ3) is 3.61. The van der Waals surface area contributed by atoms with Crippen molar-refractivity contribution in [1.29, 1.82) is 0 Å². The standard InChI is InChI=1S/C29H17F3/c30-29(31,32)22-17-14-20(15-18-22)16-19-25-23-10-4-6-12-26(23)28(21-8-2-1-3-9-21)27-13-7-5-11-24(25)27/h1-15,17-18H. The van der Waals surface area contributed by atoms with E-state index in [2.05, 4.69) is 36.1 Å². The predicted octanol–water partition coefficient (Wildman–Crippen LogP) is 8.08.